The van der Waals surface area contributed by atoms with Gasteiger partial charge in [-0.25, -0.2) is 9.78 Å². The number of anilines is 1. The van der Waals surface area contributed by atoms with E-state index in [9.17, 15) is 4.79 Å². The normalized spacial score (nSPS) is 15.5. The minimum atomic E-state index is -0.475. The SMILES string of the molecule is CC(C)(C)OC(=O)N1CCN(c2cccc(C#N)n2)CC1. The first kappa shape index (κ1) is 15.1. The maximum Gasteiger partial charge on any atom is 0.410 e. The zero-order valence-electron chi connectivity index (χ0n) is 12.7. The van der Waals surface area contributed by atoms with Crippen LogP contribution in [0.15, 0.2) is 18.2 Å². The number of hydrogen-bond donors (Lipinski definition) is 0. The molecule has 2 heterocycles. The van der Waals surface area contributed by atoms with Crippen LogP contribution in [-0.4, -0.2) is 47.8 Å². The zero-order chi connectivity index (χ0) is 15.5. The molecule has 0 saturated carbocycles. The van der Waals surface area contributed by atoms with Crippen molar-refractivity contribution in [2.45, 2.75) is 26.4 Å². The Morgan fingerprint density at radius 1 is 1.29 bits per heavy atom. The third-order valence-corrected chi connectivity index (χ3v) is 3.10. The second-order valence-corrected chi connectivity index (χ2v) is 5.95. The molecule has 6 heteroatoms. The maximum absolute atomic E-state index is 12.0. The van der Waals surface area contributed by atoms with Gasteiger partial charge in [-0.15, -0.1) is 0 Å². The van der Waals surface area contributed by atoms with Gasteiger partial charge in [-0.3, -0.25) is 0 Å². The molecule has 0 aromatic carbocycles. The number of rotatable bonds is 1. The molecule has 112 valence electrons. The molecular weight excluding hydrogens is 268 g/mol. The van der Waals surface area contributed by atoms with Gasteiger partial charge in [0, 0.05) is 26.2 Å². The number of carbonyl (C=O) groups is 1. The van der Waals surface area contributed by atoms with E-state index in [0.29, 0.717) is 31.9 Å². The first-order valence-electron chi connectivity index (χ1n) is 6.99. The van der Waals surface area contributed by atoms with E-state index in [0.717, 1.165) is 5.82 Å². The molecular formula is C15H20N4O2. The Morgan fingerprint density at radius 3 is 2.52 bits per heavy atom. The highest BCUT2D eigenvalue weighted by molar-refractivity contribution is 5.68. The van der Waals surface area contributed by atoms with Gasteiger partial charge in [-0.1, -0.05) is 6.07 Å². The molecule has 6 nitrogen and oxygen atoms in total. The summed E-state index contributed by atoms with van der Waals surface area (Å²) in [5.74, 6) is 0.776. The van der Waals surface area contributed by atoms with Crippen LogP contribution in [0.5, 0.6) is 0 Å². The summed E-state index contributed by atoms with van der Waals surface area (Å²) in [6.45, 7) is 8.12. The second kappa shape index (κ2) is 6.00. The molecule has 0 bridgehead atoms. The zero-order valence-corrected chi connectivity index (χ0v) is 12.7. The Hall–Kier alpha value is -2.29. The van der Waals surface area contributed by atoms with Crippen molar-refractivity contribution in [3.8, 4) is 6.07 Å². The molecule has 1 aliphatic heterocycles. The van der Waals surface area contributed by atoms with Gasteiger partial charge < -0.3 is 14.5 Å². The summed E-state index contributed by atoms with van der Waals surface area (Å²) in [6.07, 6.45) is -0.277. The molecule has 0 N–H and O–H groups in total. The molecule has 1 amide bonds. The summed E-state index contributed by atoms with van der Waals surface area (Å²) >= 11 is 0. The van der Waals surface area contributed by atoms with Gasteiger partial charge in [-0.2, -0.15) is 5.26 Å². The molecule has 21 heavy (non-hydrogen) atoms. The van der Waals surface area contributed by atoms with Crippen molar-refractivity contribution >= 4 is 11.9 Å². The minimum absolute atomic E-state index is 0.277. The summed E-state index contributed by atoms with van der Waals surface area (Å²) < 4.78 is 5.36. The largest absolute Gasteiger partial charge is 0.444 e. The van der Waals surface area contributed by atoms with Crippen LogP contribution in [0.1, 0.15) is 26.5 Å². The van der Waals surface area contributed by atoms with E-state index in [1.807, 2.05) is 39.0 Å². The van der Waals surface area contributed by atoms with Crippen molar-refractivity contribution in [3.05, 3.63) is 23.9 Å². The molecule has 2 rings (SSSR count). The summed E-state index contributed by atoms with van der Waals surface area (Å²) in [7, 11) is 0. The average molecular weight is 288 g/mol. The van der Waals surface area contributed by atoms with Crippen molar-refractivity contribution in [2.75, 3.05) is 31.1 Å². The highest BCUT2D eigenvalue weighted by Crippen LogP contribution is 2.16. The smallest absolute Gasteiger partial charge is 0.410 e. The summed E-state index contributed by atoms with van der Waals surface area (Å²) in [4.78, 5) is 20.0. The number of piperazine rings is 1. The first-order valence-corrected chi connectivity index (χ1v) is 6.99. The molecule has 1 aromatic rings. The Bertz CT molecular complexity index is 552. The first-order chi connectivity index (χ1) is 9.89. The lowest BCUT2D eigenvalue weighted by atomic mass is 10.2. The molecule has 1 saturated heterocycles. The number of ether oxygens (including phenoxy) is 1. The van der Waals surface area contributed by atoms with Gasteiger partial charge in [0.15, 0.2) is 0 Å². The average Bonchev–Trinajstić information content (AvgIpc) is 2.46. The van der Waals surface area contributed by atoms with Gasteiger partial charge in [0.1, 0.15) is 23.2 Å². The van der Waals surface area contributed by atoms with Crippen LogP contribution in [0.4, 0.5) is 10.6 Å². The number of amides is 1. The standard InChI is InChI=1S/C15H20N4O2/c1-15(2,3)21-14(20)19-9-7-18(8-10-19)13-6-4-5-12(11-16)17-13/h4-6H,7-10H2,1-3H3. The molecule has 1 aliphatic rings. The fourth-order valence-electron chi connectivity index (χ4n) is 2.11. The predicted molar refractivity (Wildman–Crippen MR) is 79.0 cm³/mol. The van der Waals surface area contributed by atoms with Crippen LogP contribution in [-0.2, 0) is 4.74 Å². The Balaban J connectivity index is 1.94. The van der Waals surface area contributed by atoms with E-state index < -0.39 is 5.60 Å². The van der Waals surface area contributed by atoms with Crippen molar-refractivity contribution < 1.29 is 9.53 Å². The van der Waals surface area contributed by atoms with Crippen LogP contribution in [0, 0.1) is 11.3 Å². The number of carbonyl (C=O) groups excluding carboxylic acids is 1. The van der Waals surface area contributed by atoms with E-state index in [4.69, 9.17) is 10.00 Å². The fraction of sp³-hybridized carbons (Fsp3) is 0.533. The quantitative estimate of drug-likeness (QED) is 0.790. The number of aromatic nitrogens is 1. The lowest BCUT2D eigenvalue weighted by Gasteiger charge is -2.36. The molecule has 0 aliphatic carbocycles. The highest BCUT2D eigenvalue weighted by Gasteiger charge is 2.26. The van der Waals surface area contributed by atoms with E-state index in [1.54, 1.807) is 11.0 Å². The Labute approximate surface area is 124 Å². The van der Waals surface area contributed by atoms with Gasteiger partial charge >= 0.3 is 6.09 Å². The van der Waals surface area contributed by atoms with Crippen LogP contribution in [0.2, 0.25) is 0 Å². The summed E-state index contributed by atoms with van der Waals surface area (Å²) in [5.41, 5.74) is -0.0706. The summed E-state index contributed by atoms with van der Waals surface area (Å²) in [5, 5.41) is 8.88. The van der Waals surface area contributed by atoms with Gasteiger partial charge in [0.2, 0.25) is 0 Å². The van der Waals surface area contributed by atoms with Gasteiger partial charge in [-0.05, 0) is 32.9 Å². The fourth-order valence-corrected chi connectivity index (χ4v) is 2.11. The monoisotopic (exact) mass is 288 g/mol. The van der Waals surface area contributed by atoms with E-state index in [2.05, 4.69) is 9.88 Å². The van der Waals surface area contributed by atoms with Crippen LogP contribution in [0.25, 0.3) is 0 Å². The third kappa shape index (κ3) is 4.09. The lowest BCUT2D eigenvalue weighted by molar-refractivity contribution is 0.0240. The predicted octanol–water partition coefficient (Wildman–Crippen LogP) is 2.01. The van der Waals surface area contributed by atoms with E-state index in [-0.39, 0.29) is 6.09 Å². The number of pyridine rings is 1. The van der Waals surface area contributed by atoms with Crippen molar-refractivity contribution in [1.29, 1.82) is 5.26 Å². The van der Waals surface area contributed by atoms with Crippen LogP contribution >= 0.6 is 0 Å². The molecule has 0 radical (unpaired) electrons. The lowest BCUT2D eigenvalue weighted by Crippen LogP contribution is -2.50. The third-order valence-electron chi connectivity index (χ3n) is 3.10. The molecule has 0 spiro atoms. The molecule has 1 fully saturated rings. The molecule has 0 unspecified atom stereocenters. The van der Waals surface area contributed by atoms with Crippen LogP contribution < -0.4 is 4.90 Å². The number of nitriles is 1. The van der Waals surface area contributed by atoms with E-state index in [1.165, 1.54) is 0 Å². The van der Waals surface area contributed by atoms with E-state index >= 15 is 0 Å². The van der Waals surface area contributed by atoms with Crippen molar-refractivity contribution in [2.24, 2.45) is 0 Å². The summed E-state index contributed by atoms with van der Waals surface area (Å²) in [6, 6.07) is 7.42. The minimum Gasteiger partial charge on any atom is -0.444 e. The maximum atomic E-state index is 12.0. The van der Waals surface area contributed by atoms with Crippen molar-refractivity contribution in [1.82, 2.24) is 9.88 Å². The van der Waals surface area contributed by atoms with Gasteiger partial charge in [0.25, 0.3) is 0 Å². The molecule has 1 aromatic heterocycles. The topological polar surface area (TPSA) is 69.5 Å². The van der Waals surface area contributed by atoms with Crippen LogP contribution in [0.3, 0.4) is 0 Å². The number of nitrogens with zero attached hydrogens (tertiary/aromatic N) is 4. The molecule has 0 atom stereocenters. The van der Waals surface area contributed by atoms with Gasteiger partial charge in [0.05, 0.1) is 0 Å². The highest BCUT2D eigenvalue weighted by atomic mass is 16.6. The Kier molecular flexibility index (Phi) is 4.32. The Morgan fingerprint density at radius 2 is 1.95 bits per heavy atom. The number of hydrogen-bond acceptors (Lipinski definition) is 5. The van der Waals surface area contributed by atoms with Crippen molar-refractivity contribution in [3.63, 3.8) is 0 Å². The second-order valence-electron chi connectivity index (χ2n) is 5.95.